The van der Waals surface area contributed by atoms with E-state index in [1.807, 2.05) is 48.9 Å². The molecule has 4 rings (SSSR count). The molecule has 1 aliphatic rings. The summed E-state index contributed by atoms with van der Waals surface area (Å²) in [6.45, 7) is 5.65. The van der Waals surface area contributed by atoms with Gasteiger partial charge in [0.05, 0.1) is 24.5 Å². The molecule has 1 aromatic heterocycles. The third-order valence-corrected chi connectivity index (χ3v) is 5.91. The van der Waals surface area contributed by atoms with E-state index in [1.54, 1.807) is 41.7 Å². The van der Waals surface area contributed by atoms with Gasteiger partial charge in [0.15, 0.2) is 0 Å². The monoisotopic (exact) mass is 459 g/mol. The van der Waals surface area contributed by atoms with Crippen LogP contribution in [0.3, 0.4) is 0 Å². The van der Waals surface area contributed by atoms with Crippen molar-refractivity contribution >= 4 is 17.4 Å². The number of carbonyl (C=O) groups excluding carboxylic acids is 2. The molecule has 0 saturated carbocycles. The predicted octanol–water partition coefficient (Wildman–Crippen LogP) is 4.49. The van der Waals surface area contributed by atoms with Crippen molar-refractivity contribution in [3.8, 4) is 5.75 Å². The highest BCUT2D eigenvalue weighted by molar-refractivity contribution is 6.46. The summed E-state index contributed by atoms with van der Waals surface area (Å²) in [6.07, 6.45) is 6.83. The second-order valence-corrected chi connectivity index (χ2v) is 8.43. The number of nitrogens with zero attached hydrogens (tertiary/aromatic N) is 3. The minimum Gasteiger partial charge on any atom is -0.507 e. The molecule has 1 fully saturated rings. The van der Waals surface area contributed by atoms with E-state index >= 15 is 0 Å². The van der Waals surface area contributed by atoms with Crippen LogP contribution < -0.4 is 4.74 Å². The molecule has 0 spiro atoms. The number of imidazole rings is 1. The minimum atomic E-state index is -0.669. The Morgan fingerprint density at radius 3 is 2.44 bits per heavy atom. The lowest BCUT2D eigenvalue weighted by Gasteiger charge is -2.25. The number of amides is 1. The van der Waals surface area contributed by atoms with E-state index < -0.39 is 17.7 Å². The van der Waals surface area contributed by atoms with Crippen LogP contribution in [0.4, 0.5) is 0 Å². The van der Waals surface area contributed by atoms with Crippen molar-refractivity contribution in [3.63, 3.8) is 0 Å². The normalized spacial score (nSPS) is 17.4. The smallest absolute Gasteiger partial charge is 0.295 e. The first-order valence-electron chi connectivity index (χ1n) is 11.5. The number of carbonyl (C=O) groups is 2. The second kappa shape index (κ2) is 10.4. The van der Waals surface area contributed by atoms with Crippen LogP contribution >= 0.6 is 0 Å². The fourth-order valence-corrected chi connectivity index (χ4v) is 4.13. The molecule has 34 heavy (non-hydrogen) atoms. The molecule has 1 aliphatic heterocycles. The summed E-state index contributed by atoms with van der Waals surface area (Å²) in [6, 6.07) is 14.0. The lowest BCUT2D eigenvalue weighted by atomic mass is 9.94. The fourth-order valence-electron chi connectivity index (χ4n) is 4.13. The van der Waals surface area contributed by atoms with Crippen molar-refractivity contribution in [2.45, 2.75) is 39.3 Å². The van der Waals surface area contributed by atoms with Gasteiger partial charge >= 0.3 is 0 Å². The van der Waals surface area contributed by atoms with E-state index in [1.165, 1.54) is 0 Å². The molecule has 2 aromatic carbocycles. The average molecular weight is 460 g/mol. The third-order valence-electron chi connectivity index (χ3n) is 5.91. The van der Waals surface area contributed by atoms with Crippen molar-refractivity contribution in [2.75, 3.05) is 13.2 Å². The lowest BCUT2D eigenvalue weighted by molar-refractivity contribution is -0.139. The van der Waals surface area contributed by atoms with Crippen molar-refractivity contribution in [1.82, 2.24) is 14.5 Å². The standard InChI is InChI=1S/C27H29N3O4/c1-3-17-34-22-11-9-21(10-12-22)25(31)23-24(20-7-5-19(2)6-8-20)30(27(33)26(23)32)15-4-14-29-16-13-28-18-29/h5-13,16,18,24,31H,3-4,14-15,17H2,1-2H3/b25-23+. The average Bonchev–Trinajstić information content (AvgIpc) is 3.45. The summed E-state index contributed by atoms with van der Waals surface area (Å²) in [5.74, 6) is -0.755. The van der Waals surface area contributed by atoms with Crippen LogP contribution in [0.5, 0.6) is 5.75 Å². The van der Waals surface area contributed by atoms with Gasteiger partial charge in [-0.15, -0.1) is 0 Å². The van der Waals surface area contributed by atoms with E-state index in [9.17, 15) is 14.7 Å². The number of hydrogen-bond donors (Lipinski definition) is 1. The maximum absolute atomic E-state index is 13.1. The number of rotatable bonds is 9. The van der Waals surface area contributed by atoms with Crippen molar-refractivity contribution < 1.29 is 19.4 Å². The number of Topliss-reactive ketones (excluding diaryl/α,β-unsaturated/α-hetero) is 1. The molecule has 1 unspecified atom stereocenters. The molecule has 1 atom stereocenters. The maximum atomic E-state index is 13.1. The third kappa shape index (κ3) is 4.88. The Hall–Kier alpha value is -3.87. The zero-order valence-corrected chi connectivity index (χ0v) is 19.5. The van der Waals surface area contributed by atoms with Gasteiger partial charge in [0.2, 0.25) is 0 Å². The molecular formula is C27H29N3O4. The first kappa shape index (κ1) is 23.3. The van der Waals surface area contributed by atoms with Gasteiger partial charge in [-0.25, -0.2) is 4.98 Å². The zero-order valence-electron chi connectivity index (χ0n) is 19.5. The molecule has 7 nitrogen and oxygen atoms in total. The summed E-state index contributed by atoms with van der Waals surface area (Å²) in [4.78, 5) is 31.8. The number of benzene rings is 2. The lowest BCUT2D eigenvalue weighted by Crippen LogP contribution is -2.31. The van der Waals surface area contributed by atoms with Gasteiger partial charge in [-0.2, -0.15) is 0 Å². The molecule has 1 amide bonds. The zero-order chi connectivity index (χ0) is 24.1. The van der Waals surface area contributed by atoms with Gasteiger partial charge in [-0.1, -0.05) is 36.8 Å². The SMILES string of the molecule is CCCOc1ccc(/C(O)=C2\C(=O)C(=O)N(CCCn3ccnc3)C2c2ccc(C)cc2)cc1. The van der Waals surface area contributed by atoms with Crippen LogP contribution in [0, 0.1) is 6.92 Å². The molecule has 1 N–H and O–H groups in total. The van der Waals surface area contributed by atoms with Crippen molar-refractivity contribution in [2.24, 2.45) is 0 Å². The van der Waals surface area contributed by atoms with Crippen LogP contribution in [0.1, 0.15) is 42.5 Å². The number of aliphatic hydroxyl groups excluding tert-OH is 1. The van der Waals surface area contributed by atoms with E-state index in [0.717, 1.165) is 17.5 Å². The minimum absolute atomic E-state index is 0.110. The molecule has 0 radical (unpaired) electrons. The molecule has 0 aliphatic carbocycles. The summed E-state index contributed by atoms with van der Waals surface area (Å²) < 4.78 is 7.54. The topological polar surface area (TPSA) is 84.7 Å². The Kier molecular flexibility index (Phi) is 7.11. The van der Waals surface area contributed by atoms with Gasteiger partial charge in [-0.3, -0.25) is 9.59 Å². The summed E-state index contributed by atoms with van der Waals surface area (Å²) in [5, 5.41) is 11.2. The molecule has 7 heteroatoms. The second-order valence-electron chi connectivity index (χ2n) is 8.43. The predicted molar refractivity (Wildman–Crippen MR) is 129 cm³/mol. The van der Waals surface area contributed by atoms with Gasteiger partial charge in [0, 0.05) is 31.0 Å². The van der Waals surface area contributed by atoms with Gasteiger partial charge < -0.3 is 19.3 Å². The van der Waals surface area contributed by atoms with E-state index in [2.05, 4.69) is 4.98 Å². The number of aromatic nitrogens is 2. The summed E-state index contributed by atoms with van der Waals surface area (Å²) in [5.41, 5.74) is 2.44. The number of hydrogen-bond acceptors (Lipinski definition) is 5. The quantitative estimate of drug-likeness (QED) is 0.289. The van der Waals surface area contributed by atoms with E-state index in [-0.39, 0.29) is 11.3 Å². The van der Waals surface area contributed by atoms with Crippen LogP contribution in [0.2, 0.25) is 0 Å². The Labute approximate surface area is 199 Å². The fraction of sp³-hybridized carbons (Fsp3) is 0.296. The molecule has 1 saturated heterocycles. The highest BCUT2D eigenvalue weighted by atomic mass is 16.5. The van der Waals surface area contributed by atoms with Gasteiger partial charge in [0.1, 0.15) is 11.5 Å². The van der Waals surface area contributed by atoms with Crippen LogP contribution in [-0.4, -0.2) is 44.4 Å². The number of aryl methyl sites for hydroxylation is 2. The van der Waals surface area contributed by atoms with Gasteiger partial charge in [-0.05, 0) is 49.6 Å². The number of ketones is 1. The van der Waals surface area contributed by atoms with Crippen LogP contribution in [0.25, 0.3) is 5.76 Å². The first-order valence-corrected chi connectivity index (χ1v) is 11.5. The molecule has 0 bridgehead atoms. The van der Waals surface area contributed by atoms with Crippen molar-refractivity contribution in [1.29, 1.82) is 0 Å². The van der Waals surface area contributed by atoms with Gasteiger partial charge in [0.25, 0.3) is 11.7 Å². The summed E-state index contributed by atoms with van der Waals surface area (Å²) >= 11 is 0. The molecule has 3 aromatic rings. The van der Waals surface area contributed by atoms with Crippen LogP contribution in [-0.2, 0) is 16.1 Å². The molecular weight excluding hydrogens is 430 g/mol. The Morgan fingerprint density at radius 1 is 1.06 bits per heavy atom. The van der Waals surface area contributed by atoms with Crippen LogP contribution in [0.15, 0.2) is 72.8 Å². The highest BCUT2D eigenvalue weighted by Crippen LogP contribution is 2.39. The number of ether oxygens (including phenoxy) is 1. The largest absolute Gasteiger partial charge is 0.507 e. The molecule has 176 valence electrons. The van der Waals surface area contributed by atoms with E-state index in [4.69, 9.17) is 4.74 Å². The maximum Gasteiger partial charge on any atom is 0.295 e. The van der Waals surface area contributed by atoms with Crippen molar-refractivity contribution in [3.05, 3.63) is 89.5 Å². The summed E-state index contributed by atoms with van der Waals surface area (Å²) in [7, 11) is 0. The molecule has 2 heterocycles. The number of aliphatic hydroxyl groups is 1. The Morgan fingerprint density at radius 2 is 1.79 bits per heavy atom. The first-order chi connectivity index (χ1) is 16.5. The van der Waals surface area contributed by atoms with E-state index in [0.29, 0.717) is 37.4 Å². The highest BCUT2D eigenvalue weighted by Gasteiger charge is 2.45. The number of likely N-dealkylation sites (tertiary alicyclic amines) is 1. The Bertz CT molecular complexity index is 1170. The Balaban J connectivity index is 1.67.